The number of hydrogen-bond acceptors (Lipinski definition) is 3. The van der Waals surface area contributed by atoms with Crippen molar-refractivity contribution in [2.45, 2.75) is 32.7 Å². The van der Waals surface area contributed by atoms with Crippen molar-refractivity contribution in [1.29, 1.82) is 0 Å². The molecule has 0 aliphatic rings. The van der Waals surface area contributed by atoms with E-state index in [2.05, 4.69) is 12.2 Å². The Morgan fingerprint density at radius 3 is 2.80 bits per heavy atom. The van der Waals surface area contributed by atoms with Crippen LogP contribution in [0, 0.1) is 0 Å². The molecule has 1 rings (SSSR count). The fraction of sp³-hybridized carbons (Fsp3) is 0.545. The summed E-state index contributed by atoms with van der Waals surface area (Å²) in [6.07, 6.45) is 1.86. The fourth-order valence-electron chi connectivity index (χ4n) is 1.15. The maximum atomic E-state index is 11.6. The van der Waals surface area contributed by atoms with E-state index in [9.17, 15) is 4.79 Å². The van der Waals surface area contributed by atoms with Crippen molar-refractivity contribution in [2.24, 2.45) is 5.73 Å². The predicted molar refractivity (Wildman–Crippen MR) is 64.3 cm³/mol. The van der Waals surface area contributed by atoms with E-state index >= 15 is 0 Å². The van der Waals surface area contributed by atoms with E-state index in [1.54, 1.807) is 11.3 Å². The number of nitrogens with two attached hydrogens (primary N) is 1. The Labute approximate surface area is 94.7 Å². The number of carbonyl (C=O) groups excluding carboxylic acids is 1. The molecular formula is C11H18N2OS. The van der Waals surface area contributed by atoms with Gasteiger partial charge in [0, 0.05) is 17.5 Å². The minimum Gasteiger partial charge on any atom is -0.350 e. The van der Waals surface area contributed by atoms with Gasteiger partial charge in [0.1, 0.15) is 0 Å². The zero-order valence-electron chi connectivity index (χ0n) is 9.25. The van der Waals surface area contributed by atoms with E-state index in [0.717, 1.165) is 17.7 Å². The van der Waals surface area contributed by atoms with Gasteiger partial charge in [-0.1, -0.05) is 13.8 Å². The SMILES string of the molecule is CCc1ccc(C(=O)NCC(N)CC)s1. The summed E-state index contributed by atoms with van der Waals surface area (Å²) >= 11 is 1.55. The maximum Gasteiger partial charge on any atom is 0.261 e. The van der Waals surface area contributed by atoms with Crippen LogP contribution in [0.1, 0.15) is 34.8 Å². The zero-order chi connectivity index (χ0) is 11.3. The van der Waals surface area contributed by atoms with Crippen LogP contribution in [0.3, 0.4) is 0 Å². The number of carbonyl (C=O) groups is 1. The summed E-state index contributed by atoms with van der Waals surface area (Å²) in [4.78, 5) is 13.6. The minimum absolute atomic E-state index is 0.0106. The fourth-order valence-corrected chi connectivity index (χ4v) is 2.01. The average Bonchev–Trinajstić information content (AvgIpc) is 2.73. The first kappa shape index (κ1) is 12.2. The van der Waals surface area contributed by atoms with Crippen LogP contribution in [0.15, 0.2) is 12.1 Å². The van der Waals surface area contributed by atoms with Gasteiger partial charge in [-0.15, -0.1) is 11.3 Å². The molecule has 1 aromatic heterocycles. The standard InChI is InChI=1S/C11H18N2OS/c1-3-8(12)7-13-11(14)10-6-5-9(4-2)15-10/h5-6,8H,3-4,7,12H2,1-2H3,(H,13,14). The largest absolute Gasteiger partial charge is 0.350 e. The monoisotopic (exact) mass is 226 g/mol. The van der Waals surface area contributed by atoms with E-state index in [1.807, 2.05) is 19.1 Å². The highest BCUT2D eigenvalue weighted by Crippen LogP contribution is 2.16. The summed E-state index contributed by atoms with van der Waals surface area (Å²) in [6, 6.07) is 3.93. The van der Waals surface area contributed by atoms with Crippen LogP contribution in [0.25, 0.3) is 0 Å². The van der Waals surface area contributed by atoms with E-state index in [4.69, 9.17) is 5.73 Å². The Bertz CT molecular complexity index is 322. The molecule has 0 aromatic carbocycles. The van der Waals surface area contributed by atoms with Crippen LogP contribution in [-0.4, -0.2) is 18.5 Å². The maximum absolute atomic E-state index is 11.6. The Morgan fingerprint density at radius 1 is 1.53 bits per heavy atom. The Kier molecular flexibility index (Phi) is 4.78. The second-order valence-corrected chi connectivity index (χ2v) is 4.67. The van der Waals surface area contributed by atoms with Crippen LogP contribution in [0.4, 0.5) is 0 Å². The van der Waals surface area contributed by atoms with Crippen molar-refractivity contribution in [3.8, 4) is 0 Å². The summed E-state index contributed by atoms with van der Waals surface area (Å²) in [6.45, 7) is 4.65. The molecule has 0 fully saturated rings. The highest BCUT2D eigenvalue weighted by molar-refractivity contribution is 7.14. The number of amides is 1. The van der Waals surface area contributed by atoms with Crippen LogP contribution in [0.2, 0.25) is 0 Å². The number of hydrogen-bond donors (Lipinski definition) is 2. The number of aryl methyl sites for hydroxylation is 1. The van der Waals surface area contributed by atoms with Crippen LogP contribution in [0.5, 0.6) is 0 Å². The minimum atomic E-state index is -0.0106. The summed E-state index contributed by atoms with van der Waals surface area (Å²) in [5.41, 5.74) is 5.72. The molecule has 0 aliphatic heterocycles. The molecule has 84 valence electrons. The first-order chi connectivity index (χ1) is 7.17. The molecule has 3 nitrogen and oxygen atoms in total. The van der Waals surface area contributed by atoms with Crippen molar-refractivity contribution >= 4 is 17.2 Å². The van der Waals surface area contributed by atoms with Gasteiger partial charge in [-0.05, 0) is 25.0 Å². The Balaban J connectivity index is 2.46. The lowest BCUT2D eigenvalue weighted by Gasteiger charge is -2.08. The molecule has 3 N–H and O–H groups in total. The quantitative estimate of drug-likeness (QED) is 0.804. The van der Waals surface area contributed by atoms with Crippen molar-refractivity contribution in [2.75, 3.05) is 6.54 Å². The smallest absolute Gasteiger partial charge is 0.261 e. The van der Waals surface area contributed by atoms with Gasteiger partial charge in [0.05, 0.1) is 4.88 Å². The summed E-state index contributed by atoms with van der Waals surface area (Å²) in [5.74, 6) is -0.0106. The summed E-state index contributed by atoms with van der Waals surface area (Å²) in [7, 11) is 0. The van der Waals surface area contributed by atoms with Gasteiger partial charge in [0.15, 0.2) is 0 Å². The van der Waals surface area contributed by atoms with Gasteiger partial charge in [0.25, 0.3) is 5.91 Å². The zero-order valence-corrected chi connectivity index (χ0v) is 10.1. The first-order valence-corrected chi connectivity index (χ1v) is 6.11. The second-order valence-electron chi connectivity index (χ2n) is 3.50. The van der Waals surface area contributed by atoms with Crippen LogP contribution >= 0.6 is 11.3 Å². The third kappa shape index (κ3) is 3.64. The lowest BCUT2D eigenvalue weighted by Crippen LogP contribution is -2.36. The van der Waals surface area contributed by atoms with E-state index in [1.165, 1.54) is 4.88 Å². The molecule has 0 bridgehead atoms. The molecule has 15 heavy (non-hydrogen) atoms. The lowest BCUT2D eigenvalue weighted by molar-refractivity contribution is 0.0955. The predicted octanol–water partition coefficient (Wildman–Crippen LogP) is 1.78. The van der Waals surface area contributed by atoms with Gasteiger partial charge in [0.2, 0.25) is 0 Å². The number of rotatable bonds is 5. The molecule has 4 heteroatoms. The molecule has 0 aliphatic carbocycles. The molecule has 1 aromatic rings. The molecular weight excluding hydrogens is 208 g/mol. The number of nitrogens with one attached hydrogen (secondary N) is 1. The molecule has 0 radical (unpaired) electrons. The molecule has 1 heterocycles. The summed E-state index contributed by atoms with van der Waals surface area (Å²) < 4.78 is 0. The van der Waals surface area contributed by atoms with E-state index < -0.39 is 0 Å². The van der Waals surface area contributed by atoms with Crippen molar-refractivity contribution in [1.82, 2.24) is 5.32 Å². The van der Waals surface area contributed by atoms with Crippen LogP contribution in [-0.2, 0) is 6.42 Å². The second kappa shape index (κ2) is 5.88. The molecule has 0 saturated heterocycles. The van der Waals surface area contributed by atoms with Gasteiger partial charge in [-0.2, -0.15) is 0 Å². The van der Waals surface area contributed by atoms with E-state index in [-0.39, 0.29) is 11.9 Å². The molecule has 1 amide bonds. The van der Waals surface area contributed by atoms with Gasteiger partial charge in [-0.3, -0.25) is 4.79 Å². The molecule has 1 atom stereocenters. The van der Waals surface area contributed by atoms with Gasteiger partial charge >= 0.3 is 0 Å². The van der Waals surface area contributed by atoms with E-state index in [0.29, 0.717) is 6.54 Å². The van der Waals surface area contributed by atoms with Crippen molar-refractivity contribution in [3.05, 3.63) is 21.9 Å². The van der Waals surface area contributed by atoms with Gasteiger partial charge < -0.3 is 11.1 Å². The highest BCUT2D eigenvalue weighted by Gasteiger charge is 2.09. The number of thiophene rings is 1. The third-order valence-corrected chi connectivity index (χ3v) is 3.51. The molecule has 0 saturated carbocycles. The Hall–Kier alpha value is -0.870. The summed E-state index contributed by atoms with van der Waals surface area (Å²) in [5, 5.41) is 2.83. The normalized spacial score (nSPS) is 12.5. The highest BCUT2D eigenvalue weighted by atomic mass is 32.1. The lowest BCUT2D eigenvalue weighted by atomic mass is 10.2. The van der Waals surface area contributed by atoms with Gasteiger partial charge in [-0.25, -0.2) is 0 Å². The third-order valence-electron chi connectivity index (χ3n) is 2.28. The molecule has 0 spiro atoms. The van der Waals surface area contributed by atoms with Crippen molar-refractivity contribution < 1.29 is 4.79 Å². The van der Waals surface area contributed by atoms with Crippen LogP contribution < -0.4 is 11.1 Å². The van der Waals surface area contributed by atoms with Crippen molar-refractivity contribution in [3.63, 3.8) is 0 Å². The topological polar surface area (TPSA) is 55.1 Å². The first-order valence-electron chi connectivity index (χ1n) is 5.29. The average molecular weight is 226 g/mol. The molecule has 1 unspecified atom stereocenters. The Morgan fingerprint density at radius 2 is 2.27 bits per heavy atom.